The van der Waals surface area contributed by atoms with E-state index in [9.17, 15) is 14.0 Å². The van der Waals surface area contributed by atoms with Crippen LogP contribution in [0.25, 0.3) is 0 Å². The standard InChI is InChI=1S/C10H8BrFO2.C8H16O/c1-5-8(12)4-3-7(11)9(5)10(14)6(2)13;1-2-3-8-4-6-9-7-5-8/h3-4H,1-2H3;8H,2-7H2,1H3. The highest BCUT2D eigenvalue weighted by atomic mass is 79.9. The van der Waals surface area contributed by atoms with Crippen LogP contribution in [0, 0.1) is 18.7 Å². The summed E-state index contributed by atoms with van der Waals surface area (Å²) in [4.78, 5) is 22.3. The molecular formula is C18H24BrFO3. The first-order chi connectivity index (χ1) is 10.9. The molecule has 1 saturated heterocycles. The summed E-state index contributed by atoms with van der Waals surface area (Å²) < 4.78 is 18.8. The van der Waals surface area contributed by atoms with Crippen LogP contribution in [-0.2, 0) is 9.53 Å². The number of ketones is 2. The Kier molecular flexibility index (Phi) is 8.63. The van der Waals surface area contributed by atoms with Gasteiger partial charge in [0.25, 0.3) is 0 Å². The topological polar surface area (TPSA) is 43.4 Å². The second kappa shape index (κ2) is 9.93. The number of Topliss-reactive ketones (excluding diaryl/α,β-unsaturated/α-hetero) is 2. The molecule has 0 saturated carbocycles. The highest BCUT2D eigenvalue weighted by molar-refractivity contribution is 9.10. The second-order valence-corrected chi connectivity index (χ2v) is 6.61. The fourth-order valence-corrected chi connectivity index (χ4v) is 3.16. The van der Waals surface area contributed by atoms with Gasteiger partial charge in [-0.3, -0.25) is 9.59 Å². The van der Waals surface area contributed by atoms with E-state index in [0.29, 0.717) is 4.47 Å². The summed E-state index contributed by atoms with van der Waals surface area (Å²) in [7, 11) is 0. The molecule has 1 aliphatic heterocycles. The Morgan fingerprint density at radius 3 is 2.43 bits per heavy atom. The summed E-state index contributed by atoms with van der Waals surface area (Å²) in [6.45, 7) is 6.90. The van der Waals surface area contributed by atoms with Crippen molar-refractivity contribution in [2.75, 3.05) is 13.2 Å². The predicted octanol–water partition coefficient (Wildman–Crippen LogP) is 4.88. The molecule has 2 rings (SSSR count). The van der Waals surface area contributed by atoms with Crippen molar-refractivity contribution in [2.24, 2.45) is 5.92 Å². The molecule has 0 radical (unpaired) electrons. The Labute approximate surface area is 145 Å². The van der Waals surface area contributed by atoms with E-state index in [1.807, 2.05) is 0 Å². The minimum atomic E-state index is -0.672. The van der Waals surface area contributed by atoms with Gasteiger partial charge in [0.15, 0.2) is 5.78 Å². The summed E-state index contributed by atoms with van der Waals surface area (Å²) in [5, 5.41) is 0. The van der Waals surface area contributed by atoms with Gasteiger partial charge in [-0.15, -0.1) is 0 Å². The molecule has 0 bridgehead atoms. The number of carbonyl (C=O) groups is 2. The molecule has 23 heavy (non-hydrogen) atoms. The fourth-order valence-electron chi connectivity index (χ4n) is 2.55. The molecule has 1 aliphatic rings. The number of benzene rings is 1. The van der Waals surface area contributed by atoms with Crippen molar-refractivity contribution in [1.29, 1.82) is 0 Å². The lowest BCUT2D eigenvalue weighted by Gasteiger charge is -2.20. The maximum atomic E-state index is 13.1. The number of hydrogen-bond acceptors (Lipinski definition) is 3. The molecule has 0 aromatic heterocycles. The average Bonchev–Trinajstić information content (AvgIpc) is 2.53. The van der Waals surface area contributed by atoms with E-state index >= 15 is 0 Å². The van der Waals surface area contributed by atoms with E-state index in [1.165, 1.54) is 51.7 Å². The predicted molar refractivity (Wildman–Crippen MR) is 92.3 cm³/mol. The first-order valence-corrected chi connectivity index (χ1v) is 8.75. The molecule has 1 aromatic rings. The van der Waals surface area contributed by atoms with Gasteiger partial charge in [-0.1, -0.05) is 35.7 Å². The van der Waals surface area contributed by atoms with Gasteiger partial charge in [-0.2, -0.15) is 0 Å². The van der Waals surface area contributed by atoms with E-state index in [4.69, 9.17) is 4.74 Å². The summed E-state index contributed by atoms with van der Waals surface area (Å²) in [6.07, 6.45) is 5.34. The monoisotopic (exact) mass is 386 g/mol. The van der Waals surface area contributed by atoms with Gasteiger partial charge >= 0.3 is 0 Å². The first kappa shape index (κ1) is 20.0. The fraction of sp³-hybridized carbons (Fsp3) is 0.556. The Morgan fingerprint density at radius 2 is 1.91 bits per heavy atom. The first-order valence-electron chi connectivity index (χ1n) is 7.96. The number of ether oxygens (including phenoxy) is 1. The molecule has 0 spiro atoms. The van der Waals surface area contributed by atoms with Gasteiger partial charge in [0.1, 0.15) is 5.82 Å². The largest absolute Gasteiger partial charge is 0.381 e. The zero-order valence-corrected chi connectivity index (χ0v) is 15.5. The van der Waals surface area contributed by atoms with Gasteiger partial charge in [0.2, 0.25) is 5.78 Å². The van der Waals surface area contributed by atoms with Crippen LogP contribution in [0.3, 0.4) is 0 Å². The van der Waals surface area contributed by atoms with Gasteiger partial charge < -0.3 is 4.74 Å². The molecule has 0 atom stereocenters. The second-order valence-electron chi connectivity index (χ2n) is 5.76. The van der Waals surface area contributed by atoms with Gasteiger partial charge in [0.05, 0.1) is 0 Å². The average molecular weight is 387 g/mol. The molecule has 3 nitrogen and oxygen atoms in total. The maximum Gasteiger partial charge on any atom is 0.229 e. The van der Waals surface area contributed by atoms with Gasteiger partial charge in [-0.05, 0) is 43.4 Å². The Balaban J connectivity index is 0.000000253. The highest BCUT2D eigenvalue weighted by Gasteiger charge is 2.19. The van der Waals surface area contributed by atoms with Gasteiger partial charge in [-0.25, -0.2) is 4.39 Å². The Bertz CT molecular complexity index is 549. The van der Waals surface area contributed by atoms with E-state index in [2.05, 4.69) is 22.9 Å². The molecule has 1 aromatic carbocycles. The smallest absolute Gasteiger partial charge is 0.229 e. The molecule has 0 N–H and O–H groups in total. The number of hydrogen-bond donors (Lipinski definition) is 0. The van der Waals surface area contributed by atoms with Crippen molar-refractivity contribution >= 4 is 27.5 Å². The van der Waals surface area contributed by atoms with Crippen LogP contribution in [0.1, 0.15) is 55.5 Å². The maximum absolute atomic E-state index is 13.1. The molecule has 5 heteroatoms. The molecule has 1 fully saturated rings. The molecule has 128 valence electrons. The summed E-state index contributed by atoms with van der Waals surface area (Å²) >= 11 is 3.11. The quantitative estimate of drug-likeness (QED) is 0.546. The minimum Gasteiger partial charge on any atom is -0.381 e. The lowest BCUT2D eigenvalue weighted by molar-refractivity contribution is -0.113. The molecule has 0 aliphatic carbocycles. The normalized spacial score (nSPS) is 14.8. The van der Waals surface area contributed by atoms with Crippen molar-refractivity contribution in [3.8, 4) is 0 Å². The van der Waals surface area contributed by atoms with Crippen LogP contribution in [0.5, 0.6) is 0 Å². The highest BCUT2D eigenvalue weighted by Crippen LogP contribution is 2.23. The van der Waals surface area contributed by atoms with E-state index in [1.54, 1.807) is 0 Å². The van der Waals surface area contributed by atoms with Gasteiger partial charge in [0, 0.05) is 30.2 Å². The summed E-state index contributed by atoms with van der Waals surface area (Å²) in [5.41, 5.74) is 0.303. The van der Waals surface area contributed by atoms with E-state index < -0.39 is 17.4 Å². The zero-order chi connectivity index (χ0) is 17.4. The van der Waals surface area contributed by atoms with Crippen LogP contribution >= 0.6 is 15.9 Å². The van der Waals surface area contributed by atoms with Crippen LogP contribution in [0.2, 0.25) is 0 Å². The lowest BCUT2D eigenvalue weighted by Crippen LogP contribution is -2.14. The van der Waals surface area contributed by atoms with Crippen LogP contribution < -0.4 is 0 Å². The van der Waals surface area contributed by atoms with Crippen LogP contribution in [-0.4, -0.2) is 24.8 Å². The molecule has 0 amide bonds. The summed E-state index contributed by atoms with van der Waals surface area (Å²) in [5.74, 6) is -0.783. The Morgan fingerprint density at radius 1 is 1.30 bits per heavy atom. The van der Waals surface area contributed by atoms with E-state index in [-0.39, 0.29) is 11.1 Å². The lowest BCUT2D eigenvalue weighted by atomic mass is 9.95. The third-order valence-electron chi connectivity index (χ3n) is 3.93. The number of halogens is 2. The van der Waals surface area contributed by atoms with Crippen LogP contribution in [0.15, 0.2) is 16.6 Å². The number of rotatable bonds is 4. The van der Waals surface area contributed by atoms with Crippen LogP contribution in [0.4, 0.5) is 4.39 Å². The third-order valence-corrected chi connectivity index (χ3v) is 4.59. The molecular weight excluding hydrogens is 363 g/mol. The number of carbonyl (C=O) groups excluding carboxylic acids is 2. The molecule has 0 unspecified atom stereocenters. The zero-order valence-electron chi connectivity index (χ0n) is 14.0. The Hall–Kier alpha value is -1.07. The summed E-state index contributed by atoms with van der Waals surface area (Å²) in [6, 6.07) is 2.66. The van der Waals surface area contributed by atoms with Crippen molar-refractivity contribution in [3.05, 3.63) is 33.5 Å². The van der Waals surface area contributed by atoms with Crippen molar-refractivity contribution in [1.82, 2.24) is 0 Å². The van der Waals surface area contributed by atoms with E-state index in [0.717, 1.165) is 19.1 Å². The molecule has 1 heterocycles. The van der Waals surface area contributed by atoms with Crippen molar-refractivity contribution in [2.45, 2.75) is 46.5 Å². The van der Waals surface area contributed by atoms with Crippen molar-refractivity contribution in [3.63, 3.8) is 0 Å². The van der Waals surface area contributed by atoms with Crippen molar-refractivity contribution < 1.29 is 18.7 Å². The minimum absolute atomic E-state index is 0.109. The SMILES string of the molecule is CC(=O)C(=O)c1c(Br)ccc(F)c1C.CCCC1CCOCC1. The third kappa shape index (κ3) is 6.15.